The number of benzene rings is 1. The Kier molecular flexibility index (Phi) is 5.61. The van der Waals surface area contributed by atoms with Crippen molar-refractivity contribution in [1.82, 2.24) is 9.44 Å². The number of hydrogen-bond acceptors (Lipinski definition) is 3. The lowest BCUT2D eigenvalue weighted by Gasteiger charge is -2.14. The number of nitrogens with one attached hydrogen (secondary N) is 2. The molecule has 0 amide bonds. The van der Waals surface area contributed by atoms with Gasteiger partial charge in [0.05, 0.1) is 0 Å². The molecular formula is C15H25N3O2S. The highest BCUT2D eigenvalue weighted by Crippen LogP contribution is 2.18. The molecule has 21 heavy (non-hydrogen) atoms. The molecule has 0 spiro atoms. The molecule has 118 valence electrons. The molecule has 6 heteroatoms. The van der Waals surface area contributed by atoms with Crippen LogP contribution in [-0.4, -0.2) is 35.1 Å². The monoisotopic (exact) mass is 311 g/mol. The van der Waals surface area contributed by atoms with Crippen LogP contribution in [0.2, 0.25) is 0 Å². The molecule has 2 rings (SSSR count). The van der Waals surface area contributed by atoms with Crippen LogP contribution in [0.4, 0.5) is 5.69 Å². The summed E-state index contributed by atoms with van der Waals surface area (Å²) in [4.78, 5) is 2.04. The fourth-order valence-electron chi connectivity index (χ4n) is 2.60. The maximum absolute atomic E-state index is 11.9. The van der Waals surface area contributed by atoms with Crippen LogP contribution in [0.15, 0.2) is 24.3 Å². The third-order valence-corrected chi connectivity index (χ3v) is 5.06. The van der Waals surface area contributed by atoms with Gasteiger partial charge in [-0.3, -0.25) is 0 Å². The van der Waals surface area contributed by atoms with Crippen LogP contribution in [0.25, 0.3) is 0 Å². The van der Waals surface area contributed by atoms with Gasteiger partial charge in [0.15, 0.2) is 0 Å². The van der Waals surface area contributed by atoms with Crippen LogP contribution in [0.1, 0.15) is 31.2 Å². The smallest absolute Gasteiger partial charge is 0.277 e. The van der Waals surface area contributed by atoms with E-state index >= 15 is 0 Å². The predicted molar refractivity (Wildman–Crippen MR) is 86.8 cm³/mol. The standard InChI is InChI=1S/C15H25N3O2S/c1-18(2)15-9-7-13(8-10-15)11-12-16-21(19,20)17-14-5-3-4-6-14/h7-10,14,16-17H,3-6,11-12H2,1-2H3. The molecule has 0 atom stereocenters. The topological polar surface area (TPSA) is 61.4 Å². The molecule has 1 aliphatic rings. The van der Waals surface area contributed by atoms with Crippen LogP contribution in [0, 0.1) is 0 Å². The summed E-state index contributed by atoms with van der Waals surface area (Å²) in [6, 6.07) is 8.27. The van der Waals surface area contributed by atoms with E-state index in [2.05, 4.69) is 9.44 Å². The Morgan fingerprint density at radius 2 is 1.76 bits per heavy atom. The van der Waals surface area contributed by atoms with Crippen LogP contribution < -0.4 is 14.3 Å². The van der Waals surface area contributed by atoms with Gasteiger partial charge in [-0.2, -0.15) is 13.1 Å². The number of nitrogens with zero attached hydrogens (tertiary/aromatic N) is 1. The minimum atomic E-state index is -3.36. The van der Waals surface area contributed by atoms with Crippen molar-refractivity contribution in [3.63, 3.8) is 0 Å². The summed E-state index contributed by atoms with van der Waals surface area (Å²) >= 11 is 0. The van der Waals surface area contributed by atoms with E-state index in [9.17, 15) is 8.42 Å². The van der Waals surface area contributed by atoms with Crippen molar-refractivity contribution >= 4 is 15.9 Å². The molecule has 1 aromatic rings. The molecule has 0 radical (unpaired) electrons. The van der Waals surface area contributed by atoms with E-state index in [1.165, 1.54) is 0 Å². The van der Waals surface area contributed by atoms with Gasteiger partial charge in [0, 0.05) is 32.4 Å². The fourth-order valence-corrected chi connectivity index (χ4v) is 3.72. The highest BCUT2D eigenvalue weighted by atomic mass is 32.2. The van der Waals surface area contributed by atoms with Crippen LogP contribution in [0.3, 0.4) is 0 Å². The lowest BCUT2D eigenvalue weighted by atomic mass is 10.1. The average molecular weight is 311 g/mol. The van der Waals surface area contributed by atoms with Gasteiger partial charge >= 0.3 is 0 Å². The lowest BCUT2D eigenvalue weighted by Crippen LogP contribution is -2.42. The molecule has 0 aromatic heterocycles. The maximum atomic E-state index is 11.9. The molecule has 2 N–H and O–H groups in total. The molecule has 1 aromatic carbocycles. The summed E-state index contributed by atoms with van der Waals surface area (Å²) in [5, 5.41) is 0. The van der Waals surface area contributed by atoms with Crippen molar-refractivity contribution in [3.05, 3.63) is 29.8 Å². The summed E-state index contributed by atoms with van der Waals surface area (Å²) in [6.07, 6.45) is 4.83. The maximum Gasteiger partial charge on any atom is 0.277 e. The Morgan fingerprint density at radius 1 is 1.14 bits per heavy atom. The van der Waals surface area contributed by atoms with Gasteiger partial charge in [-0.05, 0) is 37.0 Å². The summed E-state index contributed by atoms with van der Waals surface area (Å²) in [7, 11) is 0.631. The first-order chi connectivity index (χ1) is 9.96. The third kappa shape index (κ3) is 5.30. The zero-order valence-corrected chi connectivity index (χ0v) is 13.6. The van der Waals surface area contributed by atoms with Crippen molar-refractivity contribution in [2.24, 2.45) is 0 Å². The normalized spacial score (nSPS) is 16.3. The van der Waals surface area contributed by atoms with Gasteiger partial charge in [-0.15, -0.1) is 0 Å². The van der Waals surface area contributed by atoms with Crippen molar-refractivity contribution in [2.75, 3.05) is 25.5 Å². The molecule has 0 bridgehead atoms. The van der Waals surface area contributed by atoms with Crippen LogP contribution >= 0.6 is 0 Å². The van der Waals surface area contributed by atoms with E-state index in [1.807, 2.05) is 43.3 Å². The average Bonchev–Trinajstić information content (AvgIpc) is 2.91. The predicted octanol–water partition coefficient (Wildman–Crippen LogP) is 1.66. The quantitative estimate of drug-likeness (QED) is 0.805. The fraction of sp³-hybridized carbons (Fsp3) is 0.600. The lowest BCUT2D eigenvalue weighted by molar-refractivity contribution is 0.539. The molecule has 0 aliphatic heterocycles. The first-order valence-electron chi connectivity index (χ1n) is 7.49. The van der Waals surface area contributed by atoms with Crippen molar-refractivity contribution in [2.45, 2.75) is 38.1 Å². The van der Waals surface area contributed by atoms with Crippen LogP contribution in [-0.2, 0) is 16.6 Å². The largest absolute Gasteiger partial charge is 0.378 e. The molecule has 0 unspecified atom stereocenters. The second-order valence-corrected chi connectivity index (χ2v) is 7.34. The molecular weight excluding hydrogens is 286 g/mol. The zero-order valence-electron chi connectivity index (χ0n) is 12.8. The number of hydrogen-bond donors (Lipinski definition) is 2. The van der Waals surface area contributed by atoms with Crippen molar-refractivity contribution in [3.8, 4) is 0 Å². The Balaban J connectivity index is 1.77. The summed E-state index contributed by atoms with van der Waals surface area (Å²) < 4.78 is 29.1. The first kappa shape index (κ1) is 16.3. The summed E-state index contributed by atoms with van der Waals surface area (Å²) in [5.41, 5.74) is 2.27. The minimum Gasteiger partial charge on any atom is -0.378 e. The van der Waals surface area contributed by atoms with E-state index in [0.29, 0.717) is 13.0 Å². The van der Waals surface area contributed by atoms with Gasteiger partial charge in [0.25, 0.3) is 10.2 Å². The third-order valence-electron chi connectivity index (χ3n) is 3.84. The molecule has 1 aliphatic carbocycles. The van der Waals surface area contributed by atoms with Gasteiger partial charge < -0.3 is 4.90 Å². The van der Waals surface area contributed by atoms with Gasteiger partial charge in [-0.25, -0.2) is 4.72 Å². The van der Waals surface area contributed by atoms with E-state index in [1.54, 1.807) is 0 Å². The second kappa shape index (κ2) is 7.24. The van der Waals surface area contributed by atoms with Crippen LogP contribution in [0.5, 0.6) is 0 Å². The molecule has 1 saturated carbocycles. The van der Waals surface area contributed by atoms with Gasteiger partial charge in [0.2, 0.25) is 0 Å². The Labute approximate surface area is 127 Å². The first-order valence-corrected chi connectivity index (χ1v) is 8.98. The SMILES string of the molecule is CN(C)c1ccc(CCNS(=O)(=O)NC2CCCC2)cc1. The van der Waals surface area contributed by atoms with E-state index < -0.39 is 10.2 Å². The van der Waals surface area contributed by atoms with E-state index in [4.69, 9.17) is 0 Å². The Hall–Kier alpha value is -1.11. The summed E-state index contributed by atoms with van der Waals surface area (Å²) in [6.45, 7) is 0.420. The number of anilines is 1. The molecule has 0 heterocycles. The minimum absolute atomic E-state index is 0.113. The van der Waals surface area contributed by atoms with Crippen molar-refractivity contribution in [1.29, 1.82) is 0 Å². The van der Waals surface area contributed by atoms with Gasteiger partial charge in [-0.1, -0.05) is 25.0 Å². The summed E-state index contributed by atoms with van der Waals surface area (Å²) in [5.74, 6) is 0. The second-order valence-electron chi connectivity index (χ2n) is 5.81. The van der Waals surface area contributed by atoms with E-state index in [-0.39, 0.29) is 6.04 Å². The molecule has 5 nitrogen and oxygen atoms in total. The number of rotatable bonds is 7. The zero-order chi connectivity index (χ0) is 15.3. The molecule has 1 fully saturated rings. The highest BCUT2D eigenvalue weighted by molar-refractivity contribution is 7.87. The molecule has 0 saturated heterocycles. The Morgan fingerprint density at radius 3 is 2.33 bits per heavy atom. The van der Waals surface area contributed by atoms with Gasteiger partial charge in [0.1, 0.15) is 0 Å². The van der Waals surface area contributed by atoms with Crippen molar-refractivity contribution < 1.29 is 8.42 Å². The Bertz CT molecular complexity index is 535. The van der Waals surface area contributed by atoms with E-state index in [0.717, 1.165) is 36.9 Å². The highest BCUT2D eigenvalue weighted by Gasteiger charge is 2.20.